The Balaban J connectivity index is 2.35. The predicted octanol–water partition coefficient (Wildman–Crippen LogP) is 3.61. The van der Waals surface area contributed by atoms with E-state index in [2.05, 4.69) is 22.0 Å². The number of aliphatic hydroxyl groups excluding tert-OH is 1. The van der Waals surface area contributed by atoms with Crippen LogP contribution < -0.4 is 9.47 Å². The Morgan fingerprint density at radius 2 is 2.00 bits per heavy atom. The number of halogens is 1. The van der Waals surface area contributed by atoms with E-state index in [1.54, 1.807) is 36.4 Å². The van der Waals surface area contributed by atoms with Gasteiger partial charge in [0.25, 0.3) is 0 Å². The van der Waals surface area contributed by atoms with Crippen molar-refractivity contribution in [3.05, 3.63) is 52.0 Å². The van der Waals surface area contributed by atoms with Gasteiger partial charge in [-0.25, -0.2) is 0 Å². The molecular formula is C15H12BrNO3. The summed E-state index contributed by atoms with van der Waals surface area (Å²) in [4.78, 5) is 0. The van der Waals surface area contributed by atoms with Gasteiger partial charge in [-0.15, -0.1) is 0 Å². The summed E-state index contributed by atoms with van der Waals surface area (Å²) in [7, 11) is 1.53. The van der Waals surface area contributed by atoms with Crippen LogP contribution in [0.25, 0.3) is 0 Å². The summed E-state index contributed by atoms with van der Waals surface area (Å²) >= 11 is 3.33. The van der Waals surface area contributed by atoms with Crippen molar-refractivity contribution in [2.75, 3.05) is 7.11 Å². The molecule has 0 radical (unpaired) electrons. The Morgan fingerprint density at radius 3 is 2.65 bits per heavy atom. The second-order valence-electron chi connectivity index (χ2n) is 4.03. The molecule has 0 saturated carbocycles. The van der Waals surface area contributed by atoms with Crippen molar-refractivity contribution in [3.8, 4) is 23.3 Å². The van der Waals surface area contributed by atoms with Gasteiger partial charge >= 0.3 is 0 Å². The average molecular weight is 334 g/mol. The van der Waals surface area contributed by atoms with Crippen LogP contribution in [0.1, 0.15) is 11.1 Å². The highest BCUT2D eigenvalue weighted by atomic mass is 79.9. The summed E-state index contributed by atoms with van der Waals surface area (Å²) < 4.78 is 11.7. The third-order valence-corrected chi connectivity index (χ3v) is 3.10. The molecule has 5 heteroatoms. The Kier molecular flexibility index (Phi) is 4.61. The van der Waals surface area contributed by atoms with Gasteiger partial charge in [-0.05, 0) is 35.9 Å². The number of nitriles is 1. The van der Waals surface area contributed by atoms with E-state index in [-0.39, 0.29) is 6.61 Å². The molecule has 0 amide bonds. The molecule has 0 unspecified atom stereocenters. The lowest BCUT2D eigenvalue weighted by Crippen LogP contribution is -1.93. The molecule has 102 valence electrons. The first-order chi connectivity index (χ1) is 9.66. The van der Waals surface area contributed by atoms with Crippen LogP contribution in [0.3, 0.4) is 0 Å². The van der Waals surface area contributed by atoms with Crippen molar-refractivity contribution >= 4 is 15.9 Å². The quantitative estimate of drug-likeness (QED) is 0.928. The normalized spacial score (nSPS) is 9.90. The van der Waals surface area contributed by atoms with Crippen LogP contribution in [0.15, 0.2) is 40.9 Å². The highest BCUT2D eigenvalue weighted by molar-refractivity contribution is 9.10. The molecule has 0 spiro atoms. The third-order valence-electron chi connectivity index (χ3n) is 2.64. The van der Waals surface area contributed by atoms with Crippen LogP contribution in [0, 0.1) is 11.3 Å². The van der Waals surface area contributed by atoms with Gasteiger partial charge in [0, 0.05) is 4.47 Å². The van der Waals surface area contributed by atoms with Crippen molar-refractivity contribution in [2.24, 2.45) is 0 Å². The maximum atomic E-state index is 9.10. The highest BCUT2D eigenvalue weighted by Crippen LogP contribution is 2.33. The first-order valence-electron chi connectivity index (χ1n) is 5.82. The number of benzene rings is 2. The average Bonchev–Trinajstić information content (AvgIpc) is 2.47. The van der Waals surface area contributed by atoms with Crippen molar-refractivity contribution in [3.63, 3.8) is 0 Å². The van der Waals surface area contributed by atoms with Gasteiger partial charge in [0.15, 0.2) is 11.5 Å². The fraction of sp³-hybridized carbons (Fsp3) is 0.133. The van der Waals surface area contributed by atoms with Crippen LogP contribution in [-0.2, 0) is 6.61 Å². The SMILES string of the molecule is COc1cc(CO)ccc1Oc1cc(Br)cc(C#N)c1. The second kappa shape index (κ2) is 6.42. The van der Waals surface area contributed by atoms with Crippen LogP contribution >= 0.6 is 15.9 Å². The van der Waals surface area contributed by atoms with Crippen LogP contribution in [0.5, 0.6) is 17.2 Å². The summed E-state index contributed by atoms with van der Waals surface area (Å²) in [6.07, 6.45) is 0. The zero-order valence-corrected chi connectivity index (χ0v) is 12.3. The number of hydrogen-bond acceptors (Lipinski definition) is 4. The lowest BCUT2D eigenvalue weighted by atomic mass is 10.2. The van der Waals surface area contributed by atoms with Crippen molar-refractivity contribution in [1.29, 1.82) is 5.26 Å². The molecule has 0 saturated heterocycles. The highest BCUT2D eigenvalue weighted by Gasteiger charge is 2.08. The molecule has 0 heterocycles. The molecule has 2 rings (SSSR count). The lowest BCUT2D eigenvalue weighted by Gasteiger charge is -2.12. The number of ether oxygens (including phenoxy) is 2. The summed E-state index contributed by atoms with van der Waals surface area (Å²) in [5, 5.41) is 18.0. The van der Waals surface area contributed by atoms with E-state index in [0.717, 1.165) is 10.0 Å². The minimum atomic E-state index is -0.0634. The standard InChI is InChI=1S/C15H12BrNO3/c1-19-15-6-10(9-18)2-3-14(15)20-13-5-11(8-17)4-12(16)7-13/h2-7,18H,9H2,1H3. The molecule has 0 aliphatic carbocycles. The smallest absolute Gasteiger partial charge is 0.169 e. The fourth-order valence-electron chi connectivity index (χ4n) is 1.71. The fourth-order valence-corrected chi connectivity index (χ4v) is 2.18. The monoisotopic (exact) mass is 333 g/mol. The summed E-state index contributed by atoms with van der Waals surface area (Å²) in [6, 6.07) is 12.4. The Labute approximate surface area is 125 Å². The van der Waals surface area contributed by atoms with Gasteiger partial charge in [0.05, 0.1) is 25.3 Å². The van der Waals surface area contributed by atoms with E-state index in [1.807, 2.05) is 0 Å². The minimum absolute atomic E-state index is 0.0634. The van der Waals surface area contributed by atoms with Gasteiger partial charge in [0.1, 0.15) is 5.75 Å². The molecule has 1 N–H and O–H groups in total. The first-order valence-corrected chi connectivity index (χ1v) is 6.62. The Hall–Kier alpha value is -2.03. The molecular weight excluding hydrogens is 322 g/mol. The van der Waals surface area contributed by atoms with E-state index in [4.69, 9.17) is 19.8 Å². The first kappa shape index (κ1) is 14.4. The predicted molar refractivity (Wildman–Crippen MR) is 77.8 cm³/mol. The van der Waals surface area contributed by atoms with Gasteiger partial charge in [-0.2, -0.15) is 5.26 Å². The molecule has 0 aliphatic heterocycles. The molecule has 4 nitrogen and oxygen atoms in total. The van der Waals surface area contributed by atoms with E-state index < -0.39 is 0 Å². The zero-order valence-electron chi connectivity index (χ0n) is 10.8. The lowest BCUT2D eigenvalue weighted by molar-refractivity contribution is 0.280. The molecule has 0 bridgehead atoms. The van der Waals surface area contributed by atoms with Gasteiger partial charge < -0.3 is 14.6 Å². The molecule has 0 aromatic heterocycles. The molecule has 2 aromatic carbocycles. The van der Waals surface area contributed by atoms with Crippen molar-refractivity contribution < 1.29 is 14.6 Å². The van der Waals surface area contributed by atoms with E-state index in [1.165, 1.54) is 7.11 Å². The molecule has 2 aromatic rings. The Bertz CT molecular complexity index is 665. The maximum Gasteiger partial charge on any atom is 0.169 e. The number of aliphatic hydroxyl groups is 1. The third kappa shape index (κ3) is 3.29. The van der Waals surface area contributed by atoms with Gasteiger partial charge in [0.2, 0.25) is 0 Å². The molecule has 0 aliphatic rings. The van der Waals surface area contributed by atoms with Gasteiger partial charge in [-0.3, -0.25) is 0 Å². The van der Waals surface area contributed by atoms with Crippen LogP contribution in [0.2, 0.25) is 0 Å². The topological polar surface area (TPSA) is 62.5 Å². The summed E-state index contributed by atoms with van der Waals surface area (Å²) in [6.45, 7) is -0.0634. The second-order valence-corrected chi connectivity index (χ2v) is 4.95. The van der Waals surface area contributed by atoms with E-state index in [0.29, 0.717) is 22.8 Å². The van der Waals surface area contributed by atoms with Crippen LogP contribution in [-0.4, -0.2) is 12.2 Å². The van der Waals surface area contributed by atoms with E-state index in [9.17, 15) is 0 Å². The van der Waals surface area contributed by atoms with Crippen LogP contribution in [0.4, 0.5) is 0 Å². The number of hydrogen-bond donors (Lipinski definition) is 1. The summed E-state index contributed by atoms with van der Waals surface area (Å²) in [5.74, 6) is 1.58. The maximum absolute atomic E-state index is 9.10. The van der Waals surface area contributed by atoms with Crippen molar-refractivity contribution in [2.45, 2.75) is 6.61 Å². The number of nitrogens with zero attached hydrogens (tertiary/aromatic N) is 1. The number of methoxy groups -OCH3 is 1. The largest absolute Gasteiger partial charge is 0.493 e. The van der Waals surface area contributed by atoms with Crippen molar-refractivity contribution in [1.82, 2.24) is 0 Å². The molecule has 20 heavy (non-hydrogen) atoms. The summed E-state index contributed by atoms with van der Waals surface area (Å²) in [5.41, 5.74) is 1.24. The zero-order chi connectivity index (χ0) is 14.5. The molecule has 0 atom stereocenters. The van der Waals surface area contributed by atoms with Gasteiger partial charge in [-0.1, -0.05) is 22.0 Å². The molecule has 0 fully saturated rings. The minimum Gasteiger partial charge on any atom is -0.493 e. The van der Waals surface area contributed by atoms with E-state index >= 15 is 0 Å². The number of rotatable bonds is 4. The Morgan fingerprint density at radius 1 is 1.20 bits per heavy atom.